The van der Waals surface area contributed by atoms with Gasteiger partial charge >= 0.3 is 0 Å². The molecule has 6 nitrogen and oxygen atoms in total. The highest BCUT2D eigenvalue weighted by atomic mass is 32.1. The summed E-state index contributed by atoms with van der Waals surface area (Å²) in [5.74, 6) is 0.0933. The van der Waals surface area contributed by atoms with E-state index < -0.39 is 11.8 Å². The molecule has 1 saturated heterocycles. The molecule has 0 radical (unpaired) electrons. The summed E-state index contributed by atoms with van der Waals surface area (Å²) in [5, 5.41) is 2.70. The van der Waals surface area contributed by atoms with Crippen molar-refractivity contribution >= 4 is 46.6 Å². The van der Waals surface area contributed by atoms with Gasteiger partial charge in [0, 0.05) is 18.3 Å². The summed E-state index contributed by atoms with van der Waals surface area (Å²) in [6.07, 6.45) is 2.66. The van der Waals surface area contributed by atoms with Crippen molar-refractivity contribution in [1.29, 1.82) is 0 Å². The van der Waals surface area contributed by atoms with E-state index in [4.69, 9.17) is 17.0 Å². The largest absolute Gasteiger partial charge is 0.497 e. The van der Waals surface area contributed by atoms with Crippen molar-refractivity contribution in [3.8, 4) is 5.75 Å². The van der Waals surface area contributed by atoms with Crippen LogP contribution in [0, 0.1) is 0 Å². The third kappa shape index (κ3) is 3.77. The van der Waals surface area contributed by atoms with Crippen molar-refractivity contribution in [3.63, 3.8) is 0 Å². The number of thiocarbonyl (C=S) groups is 1. The summed E-state index contributed by atoms with van der Waals surface area (Å²) < 4.78 is 5.18. The Morgan fingerprint density at radius 2 is 1.84 bits per heavy atom. The molecule has 0 aromatic heterocycles. The van der Waals surface area contributed by atoms with Gasteiger partial charge in [0.05, 0.1) is 12.8 Å². The van der Waals surface area contributed by atoms with Gasteiger partial charge in [-0.1, -0.05) is 13.0 Å². The molecule has 1 N–H and O–H groups in total. The minimum Gasteiger partial charge on any atom is -0.497 e. The van der Waals surface area contributed by atoms with Gasteiger partial charge < -0.3 is 9.64 Å². The van der Waals surface area contributed by atoms with Crippen molar-refractivity contribution in [1.82, 2.24) is 5.32 Å². The molecule has 2 aromatic carbocycles. The van der Waals surface area contributed by atoms with Gasteiger partial charge in [-0.05, 0) is 92.0 Å². The Kier molecular flexibility index (Phi) is 5.54. The fourth-order valence-corrected chi connectivity index (χ4v) is 4.76. The molecule has 0 saturated carbocycles. The first-order valence-corrected chi connectivity index (χ1v) is 11.0. The number of fused-ring (bicyclic) bond motifs is 1. The number of ether oxygens (including phenoxy) is 1. The summed E-state index contributed by atoms with van der Waals surface area (Å²) in [4.78, 5) is 29.5. The molecule has 2 aliphatic heterocycles. The predicted molar refractivity (Wildman–Crippen MR) is 131 cm³/mol. The van der Waals surface area contributed by atoms with Gasteiger partial charge in [0.25, 0.3) is 11.8 Å². The molecule has 7 heteroatoms. The van der Waals surface area contributed by atoms with Gasteiger partial charge in [-0.25, -0.2) is 0 Å². The lowest BCUT2D eigenvalue weighted by atomic mass is 9.80. The summed E-state index contributed by atoms with van der Waals surface area (Å²) >= 11 is 5.28. The summed E-state index contributed by atoms with van der Waals surface area (Å²) in [5.41, 5.74) is 3.88. The lowest BCUT2D eigenvalue weighted by molar-refractivity contribution is -0.122. The van der Waals surface area contributed by atoms with E-state index in [-0.39, 0.29) is 16.2 Å². The zero-order valence-electron chi connectivity index (χ0n) is 18.9. The maximum absolute atomic E-state index is 13.3. The molecular weight excluding hydrogens is 422 g/mol. The molecule has 2 amide bonds. The van der Waals surface area contributed by atoms with Crippen molar-refractivity contribution in [2.75, 3.05) is 24.0 Å². The lowest BCUT2D eigenvalue weighted by Gasteiger charge is -2.45. The predicted octanol–water partition coefficient (Wildman–Crippen LogP) is 4.25. The number of methoxy groups -OCH3 is 1. The monoisotopic (exact) mass is 449 g/mol. The second-order valence-electron chi connectivity index (χ2n) is 8.95. The fraction of sp³-hybridized carbons (Fsp3) is 0.320. The molecule has 0 bridgehead atoms. The Balaban J connectivity index is 1.70. The van der Waals surface area contributed by atoms with E-state index in [0.29, 0.717) is 17.4 Å². The molecule has 2 heterocycles. The molecule has 1 atom stereocenters. The molecule has 4 rings (SSSR count). The number of carbonyl (C=O) groups is 2. The van der Waals surface area contributed by atoms with Crippen LogP contribution in [0.4, 0.5) is 11.4 Å². The fourth-order valence-electron chi connectivity index (χ4n) is 4.48. The highest BCUT2D eigenvalue weighted by Gasteiger charge is 2.36. The zero-order chi connectivity index (χ0) is 23.2. The number of anilines is 2. The van der Waals surface area contributed by atoms with E-state index in [1.165, 1.54) is 16.2 Å². The van der Waals surface area contributed by atoms with Gasteiger partial charge in [-0.3, -0.25) is 19.8 Å². The number of benzene rings is 2. The second-order valence-corrected chi connectivity index (χ2v) is 9.34. The first-order valence-electron chi connectivity index (χ1n) is 10.6. The van der Waals surface area contributed by atoms with E-state index in [1.807, 2.05) is 6.07 Å². The molecule has 32 heavy (non-hydrogen) atoms. The molecule has 1 fully saturated rings. The first kappa shape index (κ1) is 22.0. The number of carbonyl (C=O) groups excluding carboxylic acids is 2. The van der Waals surface area contributed by atoms with Crippen LogP contribution in [0.5, 0.6) is 5.75 Å². The Labute approximate surface area is 193 Å². The third-order valence-electron chi connectivity index (χ3n) is 6.40. The molecule has 1 unspecified atom stereocenters. The van der Waals surface area contributed by atoms with Crippen LogP contribution < -0.4 is 19.9 Å². The minimum absolute atomic E-state index is 0.0477. The quantitative estimate of drug-likeness (QED) is 0.431. The summed E-state index contributed by atoms with van der Waals surface area (Å²) in [7, 11) is 3.68. The third-order valence-corrected chi connectivity index (χ3v) is 6.69. The average Bonchev–Trinajstić information content (AvgIpc) is 2.75. The number of nitrogens with one attached hydrogen (secondary N) is 1. The summed E-state index contributed by atoms with van der Waals surface area (Å²) in [6, 6.07) is 13.0. The van der Waals surface area contributed by atoms with Crippen LogP contribution in [0.1, 0.15) is 44.2 Å². The van der Waals surface area contributed by atoms with Crippen LogP contribution in [0.2, 0.25) is 0 Å². The Hall–Kier alpha value is -3.19. The number of amides is 2. The number of nitrogens with zero attached hydrogens (tertiary/aromatic N) is 2. The zero-order valence-corrected chi connectivity index (χ0v) is 19.7. The number of rotatable bonds is 3. The normalized spacial score (nSPS) is 21.5. The lowest BCUT2D eigenvalue weighted by Crippen LogP contribution is -2.54. The van der Waals surface area contributed by atoms with E-state index >= 15 is 0 Å². The van der Waals surface area contributed by atoms with Crippen LogP contribution in [0.15, 0.2) is 48.0 Å². The Morgan fingerprint density at radius 3 is 2.50 bits per heavy atom. The molecular formula is C25H27N3O3S. The smallest absolute Gasteiger partial charge is 0.270 e. The maximum atomic E-state index is 13.3. The maximum Gasteiger partial charge on any atom is 0.270 e. The molecule has 166 valence electrons. The Morgan fingerprint density at radius 1 is 1.16 bits per heavy atom. The minimum atomic E-state index is -0.492. The van der Waals surface area contributed by atoms with Crippen LogP contribution in [-0.2, 0) is 9.59 Å². The number of hydrogen-bond donors (Lipinski definition) is 1. The molecule has 0 aliphatic carbocycles. The molecule has 2 aromatic rings. The van der Waals surface area contributed by atoms with Crippen LogP contribution in [0.3, 0.4) is 0 Å². The van der Waals surface area contributed by atoms with Gasteiger partial charge in [0.1, 0.15) is 11.3 Å². The summed E-state index contributed by atoms with van der Waals surface area (Å²) in [6.45, 7) is 6.70. The molecule has 2 aliphatic rings. The van der Waals surface area contributed by atoms with Crippen molar-refractivity contribution in [2.45, 2.75) is 38.6 Å². The van der Waals surface area contributed by atoms with Gasteiger partial charge in [0.15, 0.2) is 5.11 Å². The van der Waals surface area contributed by atoms with E-state index in [0.717, 1.165) is 12.0 Å². The van der Waals surface area contributed by atoms with E-state index in [9.17, 15) is 9.59 Å². The van der Waals surface area contributed by atoms with Crippen LogP contribution >= 0.6 is 12.2 Å². The second kappa shape index (κ2) is 8.06. The van der Waals surface area contributed by atoms with Crippen LogP contribution in [0.25, 0.3) is 6.08 Å². The van der Waals surface area contributed by atoms with Gasteiger partial charge in [-0.2, -0.15) is 0 Å². The average molecular weight is 450 g/mol. The molecule has 0 spiro atoms. The highest BCUT2D eigenvalue weighted by molar-refractivity contribution is 7.80. The topological polar surface area (TPSA) is 61.9 Å². The highest BCUT2D eigenvalue weighted by Crippen LogP contribution is 2.42. The van der Waals surface area contributed by atoms with Gasteiger partial charge in [-0.15, -0.1) is 0 Å². The van der Waals surface area contributed by atoms with Crippen molar-refractivity contribution in [2.24, 2.45) is 0 Å². The SMILES string of the molecule is COc1ccc(N2C(=O)/C(=C/c3ccc4c(c3)C(C)CC(C)(C)N4C)C(=O)NC2=S)cc1. The number of hydrogen-bond acceptors (Lipinski definition) is 5. The van der Waals surface area contributed by atoms with Crippen molar-refractivity contribution in [3.05, 3.63) is 59.2 Å². The first-order chi connectivity index (χ1) is 15.1. The van der Waals surface area contributed by atoms with Gasteiger partial charge in [0.2, 0.25) is 0 Å². The van der Waals surface area contributed by atoms with Crippen molar-refractivity contribution < 1.29 is 14.3 Å². The van der Waals surface area contributed by atoms with E-state index in [2.05, 4.69) is 50.2 Å². The van der Waals surface area contributed by atoms with Crippen LogP contribution in [-0.4, -0.2) is 36.6 Å². The van der Waals surface area contributed by atoms with E-state index in [1.54, 1.807) is 37.5 Å². The standard InChI is InChI=1S/C25H27N3O3S/c1-15-14-25(2,3)27(4)21-11-6-16(12-19(15)21)13-20-22(29)26-24(32)28(23(20)30)17-7-9-18(31-5)10-8-17/h6-13,15H,14H2,1-5H3,(H,26,29,32)/b20-13+. The Bertz CT molecular complexity index is 1140.